The van der Waals surface area contributed by atoms with Crippen LogP contribution in [-0.2, 0) is 14.8 Å². The number of hydrazone groups is 1. The molecule has 0 aliphatic carbocycles. The molecule has 0 aliphatic rings. The summed E-state index contributed by atoms with van der Waals surface area (Å²) < 4.78 is 35.7. The number of carbonyl (C=O) groups is 1. The van der Waals surface area contributed by atoms with E-state index in [1.165, 1.54) is 26.4 Å². The Morgan fingerprint density at radius 1 is 1.07 bits per heavy atom. The number of benzene rings is 2. The SMILES string of the molecule is COc1ccc(OC)c(S(=O)(=O)N/N=C(/CCCC(=O)O)c2ccccc2)c1. The summed E-state index contributed by atoms with van der Waals surface area (Å²) in [7, 11) is -1.24. The molecule has 28 heavy (non-hydrogen) atoms. The lowest BCUT2D eigenvalue weighted by Gasteiger charge is -2.12. The molecule has 0 saturated heterocycles. The fourth-order valence-electron chi connectivity index (χ4n) is 2.46. The van der Waals surface area contributed by atoms with Crippen LogP contribution in [0.15, 0.2) is 58.5 Å². The van der Waals surface area contributed by atoms with Crippen LogP contribution in [0.4, 0.5) is 0 Å². The Hall–Kier alpha value is -3.07. The molecule has 0 heterocycles. The molecule has 0 aliphatic heterocycles. The second-order valence-corrected chi connectivity index (χ2v) is 7.41. The van der Waals surface area contributed by atoms with Gasteiger partial charge in [0.25, 0.3) is 10.0 Å². The van der Waals surface area contributed by atoms with E-state index in [9.17, 15) is 13.2 Å². The van der Waals surface area contributed by atoms with Crippen molar-refractivity contribution in [2.45, 2.75) is 24.2 Å². The molecule has 8 nitrogen and oxygen atoms in total. The van der Waals surface area contributed by atoms with Crippen LogP contribution in [-0.4, -0.2) is 39.4 Å². The zero-order chi connectivity index (χ0) is 20.6. The van der Waals surface area contributed by atoms with Crippen molar-refractivity contribution in [3.05, 3.63) is 54.1 Å². The Kier molecular flexibility index (Phi) is 7.39. The molecule has 0 unspecified atom stereocenters. The fourth-order valence-corrected chi connectivity index (χ4v) is 3.48. The molecule has 2 aromatic carbocycles. The molecule has 0 aromatic heterocycles. The number of nitrogens with one attached hydrogen (secondary N) is 1. The maximum Gasteiger partial charge on any atom is 0.303 e. The molecule has 150 valence electrons. The fraction of sp³-hybridized carbons (Fsp3) is 0.263. The molecule has 2 aromatic rings. The largest absolute Gasteiger partial charge is 0.497 e. The summed E-state index contributed by atoms with van der Waals surface area (Å²) in [5.74, 6) is -0.417. The number of carboxylic acid groups (broad SMARTS) is 1. The van der Waals surface area contributed by atoms with E-state index in [2.05, 4.69) is 9.93 Å². The van der Waals surface area contributed by atoms with E-state index in [0.717, 1.165) is 0 Å². The molecule has 0 fully saturated rings. The third kappa shape index (κ3) is 5.71. The Bertz CT molecular complexity index is 942. The van der Waals surface area contributed by atoms with Crippen molar-refractivity contribution in [2.75, 3.05) is 14.2 Å². The highest BCUT2D eigenvalue weighted by Crippen LogP contribution is 2.28. The summed E-state index contributed by atoms with van der Waals surface area (Å²) in [6, 6.07) is 13.4. The van der Waals surface area contributed by atoms with Crippen LogP contribution in [0.1, 0.15) is 24.8 Å². The van der Waals surface area contributed by atoms with Gasteiger partial charge in [0.05, 0.1) is 19.9 Å². The van der Waals surface area contributed by atoms with Gasteiger partial charge in [0.2, 0.25) is 0 Å². The lowest BCUT2D eigenvalue weighted by Crippen LogP contribution is -2.21. The number of sulfonamides is 1. The molecule has 0 saturated carbocycles. The normalized spacial score (nSPS) is 11.7. The van der Waals surface area contributed by atoms with Crippen LogP contribution in [0.25, 0.3) is 0 Å². The van der Waals surface area contributed by atoms with Gasteiger partial charge >= 0.3 is 5.97 Å². The topological polar surface area (TPSA) is 114 Å². The first kappa shape index (κ1) is 21.2. The van der Waals surface area contributed by atoms with Crippen molar-refractivity contribution in [3.63, 3.8) is 0 Å². The van der Waals surface area contributed by atoms with Crippen molar-refractivity contribution in [3.8, 4) is 11.5 Å². The maximum absolute atomic E-state index is 12.7. The third-order valence-corrected chi connectivity index (χ3v) is 5.10. The third-order valence-electron chi connectivity index (χ3n) is 3.87. The average Bonchev–Trinajstić information content (AvgIpc) is 2.70. The number of rotatable bonds is 10. The number of nitrogens with zero attached hydrogens (tertiary/aromatic N) is 1. The van der Waals surface area contributed by atoms with Crippen molar-refractivity contribution >= 4 is 21.7 Å². The van der Waals surface area contributed by atoms with Crippen LogP contribution in [0, 0.1) is 0 Å². The number of ether oxygens (including phenoxy) is 2. The summed E-state index contributed by atoms with van der Waals surface area (Å²) >= 11 is 0. The quantitative estimate of drug-likeness (QED) is 0.463. The lowest BCUT2D eigenvalue weighted by molar-refractivity contribution is -0.137. The zero-order valence-electron chi connectivity index (χ0n) is 15.6. The second kappa shape index (κ2) is 9.75. The molecule has 2 N–H and O–H groups in total. The standard InChI is InChI=1S/C19H22N2O6S/c1-26-15-11-12-17(27-2)18(13-15)28(24,25)21-20-16(9-6-10-19(22)23)14-7-4-3-5-8-14/h3-5,7-8,11-13,21H,6,9-10H2,1-2H3,(H,22,23)/b20-16-. The maximum atomic E-state index is 12.7. The molecular formula is C19H22N2O6S. The highest BCUT2D eigenvalue weighted by Gasteiger charge is 2.20. The van der Waals surface area contributed by atoms with Gasteiger partial charge in [0.1, 0.15) is 16.4 Å². The van der Waals surface area contributed by atoms with Crippen LogP contribution in [0.3, 0.4) is 0 Å². The van der Waals surface area contributed by atoms with Crippen molar-refractivity contribution in [1.82, 2.24) is 4.83 Å². The molecule has 0 atom stereocenters. The van der Waals surface area contributed by atoms with Gasteiger partial charge in [-0.1, -0.05) is 30.3 Å². The highest BCUT2D eigenvalue weighted by atomic mass is 32.2. The summed E-state index contributed by atoms with van der Waals surface area (Å²) in [5.41, 5.74) is 1.14. The van der Waals surface area contributed by atoms with Crippen molar-refractivity contribution in [1.29, 1.82) is 0 Å². The number of carboxylic acids is 1. The van der Waals surface area contributed by atoms with Gasteiger partial charge in [-0.3, -0.25) is 4.79 Å². The van der Waals surface area contributed by atoms with Gasteiger partial charge in [0, 0.05) is 12.5 Å². The monoisotopic (exact) mass is 406 g/mol. The van der Waals surface area contributed by atoms with Crippen LogP contribution < -0.4 is 14.3 Å². The molecule has 0 bridgehead atoms. The van der Waals surface area contributed by atoms with Gasteiger partial charge < -0.3 is 14.6 Å². The van der Waals surface area contributed by atoms with E-state index >= 15 is 0 Å². The first-order valence-corrected chi connectivity index (χ1v) is 9.93. The van der Waals surface area contributed by atoms with Crippen LogP contribution in [0.2, 0.25) is 0 Å². The molecule has 0 spiro atoms. The Balaban J connectivity index is 2.33. The second-order valence-electron chi connectivity index (χ2n) is 5.78. The van der Waals surface area contributed by atoms with E-state index in [0.29, 0.717) is 29.9 Å². The summed E-state index contributed by atoms with van der Waals surface area (Å²) in [4.78, 5) is 12.9. The molecule has 9 heteroatoms. The summed E-state index contributed by atoms with van der Waals surface area (Å²) in [5, 5.41) is 12.9. The predicted octanol–water partition coefficient (Wildman–Crippen LogP) is 2.64. The van der Waals surface area contributed by atoms with Crippen LogP contribution >= 0.6 is 0 Å². The van der Waals surface area contributed by atoms with Gasteiger partial charge in [-0.05, 0) is 30.5 Å². The Labute approximate surface area is 163 Å². The first-order chi connectivity index (χ1) is 13.4. The first-order valence-electron chi connectivity index (χ1n) is 8.45. The van der Waals surface area contributed by atoms with E-state index in [-0.39, 0.29) is 17.1 Å². The number of methoxy groups -OCH3 is 2. The van der Waals surface area contributed by atoms with Gasteiger partial charge in [0.15, 0.2) is 0 Å². The Morgan fingerprint density at radius 2 is 1.79 bits per heavy atom. The zero-order valence-corrected chi connectivity index (χ0v) is 16.4. The van der Waals surface area contributed by atoms with Gasteiger partial charge in [-0.25, -0.2) is 0 Å². The minimum Gasteiger partial charge on any atom is -0.497 e. The summed E-state index contributed by atoms with van der Waals surface area (Å²) in [6.45, 7) is 0. The van der Waals surface area contributed by atoms with E-state index in [1.54, 1.807) is 30.3 Å². The molecule has 0 radical (unpaired) electrons. The number of aliphatic carboxylic acids is 1. The molecule has 2 rings (SSSR count). The van der Waals surface area contributed by atoms with E-state index in [4.69, 9.17) is 14.6 Å². The highest BCUT2D eigenvalue weighted by molar-refractivity contribution is 7.89. The van der Waals surface area contributed by atoms with E-state index < -0.39 is 16.0 Å². The van der Waals surface area contributed by atoms with Crippen LogP contribution in [0.5, 0.6) is 11.5 Å². The van der Waals surface area contributed by atoms with Crippen molar-refractivity contribution in [2.24, 2.45) is 5.10 Å². The molecular weight excluding hydrogens is 384 g/mol. The summed E-state index contributed by atoms with van der Waals surface area (Å²) in [6.07, 6.45) is 0.587. The smallest absolute Gasteiger partial charge is 0.303 e. The minimum absolute atomic E-state index is 0.0394. The van der Waals surface area contributed by atoms with Crippen molar-refractivity contribution < 1.29 is 27.8 Å². The lowest BCUT2D eigenvalue weighted by atomic mass is 10.0. The predicted molar refractivity (Wildman–Crippen MR) is 104 cm³/mol. The molecule has 0 amide bonds. The average molecular weight is 406 g/mol. The van der Waals surface area contributed by atoms with Gasteiger partial charge in [-0.2, -0.15) is 18.4 Å². The number of hydrogen-bond donors (Lipinski definition) is 2. The Morgan fingerprint density at radius 3 is 2.39 bits per heavy atom. The van der Waals surface area contributed by atoms with Gasteiger partial charge in [-0.15, -0.1) is 0 Å². The minimum atomic E-state index is -4.04. The number of hydrogen-bond acceptors (Lipinski definition) is 6. The van der Waals surface area contributed by atoms with E-state index in [1.807, 2.05) is 6.07 Å².